The number of hydrogen-bond donors (Lipinski definition) is 2. The van der Waals surface area contributed by atoms with Gasteiger partial charge in [0.1, 0.15) is 6.26 Å². The summed E-state index contributed by atoms with van der Waals surface area (Å²) in [5.74, 6) is -0.199. The van der Waals surface area contributed by atoms with E-state index in [4.69, 9.17) is 23.2 Å². The standard InChI is InChI=1S/C17H19Cl2NO2S/c1-20-10-14(11-6-7-15(18)16(19)9-11)17(21)12-4-3-5-13(8-12)23(2)22/h3-9,14,17,20-21H,10H2,1-2H3/t14-,17-,23?/m1/s1. The van der Waals surface area contributed by atoms with Crippen molar-refractivity contribution in [3.63, 3.8) is 0 Å². The minimum Gasteiger partial charge on any atom is -0.612 e. The van der Waals surface area contributed by atoms with Gasteiger partial charge >= 0.3 is 0 Å². The maximum Gasteiger partial charge on any atom is 0.152 e. The Balaban J connectivity index is 2.36. The molecule has 0 aliphatic heterocycles. The molecule has 23 heavy (non-hydrogen) atoms. The predicted molar refractivity (Wildman–Crippen MR) is 96.9 cm³/mol. The highest BCUT2D eigenvalue weighted by Crippen LogP contribution is 2.34. The van der Waals surface area contributed by atoms with Gasteiger partial charge in [-0.1, -0.05) is 41.4 Å². The van der Waals surface area contributed by atoms with Crippen molar-refractivity contribution >= 4 is 34.4 Å². The topological polar surface area (TPSA) is 55.3 Å². The summed E-state index contributed by atoms with van der Waals surface area (Å²) in [7, 11) is 1.83. The lowest BCUT2D eigenvalue weighted by Gasteiger charge is -2.24. The van der Waals surface area contributed by atoms with Gasteiger partial charge in [0, 0.05) is 12.5 Å². The first-order valence-corrected chi connectivity index (χ1v) is 9.46. The third-order valence-corrected chi connectivity index (χ3v) is 5.37. The van der Waals surface area contributed by atoms with Crippen molar-refractivity contribution in [3.8, 4) is 0 Å². The van der Waals surface area contributed by atoms with Gasteiger partial charge in [-0.15, -0.1) is 0 Å². The van der Waals surface area contributed by atoms with Crippen LogP contribution in [-0.4, -0.2) is 29.5 Å². The molecule has 0 aromatic heterocycles. The molecular formula is C17H19Cl2NO2S. The average molecular weight is 372 g/mol. The lowest BCUT2D eigenvalue weighted by atomic mass is 9.89. The van der Waals surface area contributed by atoms with Gasteiger partial charge in [-0.2, -0.15) is 0 Å². The SMILES string of the molecule is CNC[C@H](c1ccc(Cl)c(Cl)c1)[C@H](O)c1cccc([S+](C)[O-])c1. The molecule has 2 aromatic carbocycles. The van der Waals surface area contributed by atoms with Crippen LogP contribution in [0.15, 0.2) is 47.4 Å². The van der Waals surface area contributed by atoms with Gasteiger partial charge in [-0.3, -0.25) is 0 Å². The summed E-state index contributed by atoms with van der Waals surface area (Å²) in [6.45, 7) is 0.568. The van der Waals surface area contributed by atoms with E-state index in [0.29, 0.717) is 21.5 Å². The van der Waals surface area contributed by atoms with Crippen LogP contribution in [0.25, 0.3) is 0 Å². The van der Waals surface area contributed by atoms with E-state index in [2.05, 4.69) is 5.32 Å². The Morgan fingerprint density at radius 1 is 1.13 bits per heavy atom. The zero-order valence-corrected chi connectivity index (χ0v) is 15.3. The van der Waals surface area contributed by atoms with Crippen LogP contribution in [0, 0.1) is 0 Å². The fourth-order valence-corrected chi connectivity index (χ4v) is 3.36. The summed E-state index contributed by atoms with van der Waals surface area (Å²) in [5.41, 5.74) is 1.62. The molecule has 0 heterocycles. The molecule has 0 saturated carbocycles. The summed E-state index contributed by atoms with van der Waals surface area (Å²) < 4.78 is 11.7. The molecule has 0 radical (unpaired) electrons. The molecule has 1 unspecified atom stereocenters. The van der Waals surface area contributed by atoms with Crippen molar-refractivity contribution in [2.24, 2.45) is 0 Å². The quantitative estimate of drug-likeness (QED) is 0.759. The van der Waals surface area contributed by atoms with Gasteiger partial charge in [0.2, 0.25) is 0 Å². The lowest BCUT2D eigenvalue weighted by Crippen LogP contribution is -2.23. The van der Waals surface area contributed by atoms with Crippen molar-refractivity contribution in [3.05, 3.63) is 63.6 Å². The van der Waals surface area contributed by atoms with Crippen LogP contribution in [0.3, 0.4) is 0 Å². The molecule has 124 valence electrons. The van der Waals surface area contributed by atoms with Gasteiger partial charge < -0.3 is 15.0 Å². The number of aliphatic hydroxyl groups excluding tert-OH is 1. The summed E-state index contributed by atoms with van der Waals surface area (Å²) >= 11 is 11.0. The summed E-state index contributed by atoms with van der Waals surface area (Å²) in [6.07, 6.45) is 0.874. The first-order valence-electron chi connectivity index (χ1n) is 7.15. The maximum atomic E-state index is 11.7. The number of nitrogens with one attached hydrogen (secondary N) is 1. The molecule has 6 heteroatoms. The zero-order valence-electron chi connectivity index (χ0n) is 12.9. The molecular weight excluding hydrogens is 353 g/mol. The molecule has 2 aromatic rings. The Morgan fingerprint density at radius 3 is 2.48 bits per heavy atom. The zero-order chi connectivity index (χ0) is 17.0. The number of aliphatic hydroxyl groups is 1. The molecule has 3 atom stereocenters. The first kappa shape index (κ1) is 18.6. The molecule has 0 fully saturated rings. The largest absolute Gasteiger partial charge is 0.612 e. The van der Waals surface area contributed by atoms with Crippen LogP contribution in [0.2, 0.25) is 10.0 Å². The Kier molecular flexibility index (Phi) is 6.77. The third kappa shape index (κ3) is 4.63. The fourth-order valence-electron chi connectivity index (χ4n) is 2.48. The molecule has 0 saturated heterocycles. The predicted octanol–water partition coefficient (Wildman–Crippen LogP) is 3.77. The minimum absolute atomic E-state index is 0.199. The van der Waals surface area contributed by atoms with Crippen LogP contribution in [-0.2, 0) is 11.2 Å². The number of rotatable bonds is 6. The summed E-state index contributed by atoms with van der Waals surface area (Å²) in [6, 6.07) is 12.6. The van der Waals surface area contributed by atoms with E-state index in [9.17, 15) is 9.66 Å². The molecule has 2 rings (SSSR count). The van der Waals surface area contributed by atoms with Crippen LogP contribution in [0.1, 0.15) is 23.1 Å². The van der Waals surface area contributed by atoms with Gasteiger partial charge in [-0.05, 0) is 53.6 Å². The molecule has 0 aliphatic rings. The summed E-state index contributed by atoms with van der Waals surface area (Å²) in [4.78, 5) is 0.693. The summed E-state index contributed by atoms with van der Waals surface area (Å²) in [5, 5.41) is 14.9. The number of halogens is 2. The molecule has 0 bridgehead atoms. The van der Waals surface area contributed by atoms with Crippen LogP contribution < -0.4 is 5.32 Å². The number of hydrogen-bond acceptors (Lipinski definition) is 3. The van der Waals surface area contributed by atoms with E-state index >= 15 is 0 Å². The number of benzene rings is 2. The Bertz CT molecular complexity index is 667. The second kappa shape index (κ2) is 8.38. The highest BCUT2D eigenvalue weighted by atomic mass is 35.5. The van der Waals surface area contributed by atoms with Crippen molar-refractivity contribution in [1.82, 2.24) is 5.32 Å². The van der Waals surface area contributed by atoms with E-state index in [1.54, 1.807) is 36.6 Å². The van der Waals surface area contributed by atoms with E-state index < -0.39 is 17.3 Å². The van der Waals surface area contributed by atoms with Gasteiger partial charge in [0.25, 0.3) is 0 Å². The fraction of sp³-hybridized carbons (Fsp3) is 0.294. The second-order valence-electron chi connectivity index (χ2n) is 5.31. The molecule has 0 spiro atoms. The smallest absolute Gasteiger partial charge is 0.152 e. The van der Waals surface area contributed by atoms with E-state index in [1.807, 2.05) is 19.2 Å². The highest BCUT2D eigenvalue weighted by molar-refractivity contribution is 7.90. The second-order valence-corrected chi connectivity index (χ2v) is 7.50. The van der Waals surface area contributed by atoms with Crippen molar-refractivity contribution in [2.45, 2.75) is 16.9 Å². The minimum atomic E-state index is -1.09. The molecule has 0 aliphatic carbocycles. The van der Waals surface area contributed by atoms with Gasteiger partial charge in [-0.25, -0.2) is 0 Å². The average Bonchev–Trinajstić information content (AvgIpc) is 2.55. The first-order chi connectivity index (χ1) is 10.9. The van der Waals surface area contributed by atoms with E-state index in [1.165, 1.54) is 0 Å². The van der Waals surface area contributed by atoms with Crippen molar-refractivity contribution in [2.75, 3.05) is 19.8 Å². The molecule has 2 N–H and O–H groups in total. The maximum absolute atomic E-state index is 11.7. The normalized spacial score (nSPS) is 15.2. The lowest BCUT2D eigenvalue weighted by molar-refractivity contribution is 0.144. The van der Waals surface area contributed by atoms with Crippen molar-refractivity contribution < 1.29 is 9.66 Å². The molecule has 3 nitrogen and oxygen atoms in total. The Labute approximate surface area is 149 Å². The van der Waals surface area contributed by atoms with Crippen LogP contribution in [0.4, 0.5) is 0 Å². The highest BCUT2D eigenvalue weighted by Gasteiger charge is 2.24. The molecule has 0 amide bonds. The Morgan fingerprint density at radius 2 is 1.87 bits per heavy atom. The van der Waals surface area contributed by atoms with Crippen LogP contribution in [0.5, 0.6) is 0 Å². The number of likely N-dealkylation sites (N-methyl/N-ethyl adjacent to an activating group) is 1. The van der Waals surface area contributed by atoms with Crippen molar-refractivity contribution in [1.29, 1.82) is 0 Å². The van der Waals surface area contributed by atoms with Gasteiger partial charge in [0.15, 0.2) is 4.90 Å². The van der Waals surface area contributed by atoms with Crippen LogP contribution >= 0.6 is 23.2 Å². The Hall–Kier alpha value is -0.750. The van der Waals surface area contributed by atoms with E-state index in [0.717, 1.165) is 11.1 Å². The third-order valence-electron chi connectivity index (χ3n) is 3.71. The van der Waals surface area contributed by atoms with E-state index in [-0.39, 0.29) is 5.92 Å². The van der Waals surface area contributed by atoms with Gasteiger partial charge in [0.05, 0.1) is 16.1 Å². The monoisotopic (exact) mass is 371 g/mol.